The van der Waals surface area contributed by atoms with Crippen LogP contribution in [-0.2, 0) is 21.4 Å². The van der Waals surface area contributed by atoms with Crippen LogP contribution in [0.15, 0.2) is 12.1 Å². The highest BCUT2D eigenvalue weighted by atomic mass is 16.5. The average molecular weight is 327 g/mol. The van der Waals surface area contributed by atoms with Gasteiger partial charge in [-0.05, 0) is 36.8 Å². The van der Waals surface area contributed by atoms with Crippen molar-refractivity contribution in [3.63, 3.8) is 0 Å². The summed E-state index contributed by atoms with van der Waals surface area (Å²) in [5.74, 6) is 2.14. The molecule has 4 atom stereocenters. The minimum absolute atomic E-state index is 0.138. The van der Waals surface area contributed by atoms with Gasteiger partial charge < -0.3 is 14.4 Å². The van der Waals surface area contributed by atoms with Crippen molar-refractivity contribution in [1.29, 1.82) is 0 Å². The predicted molar refractivity (Wildman–Crippen MR) is 86.3 cm³/mol. The average Bonchev–Trinajstić information content (AvgIpc) is 2.90. The highest BCUT2D eigenvalue weighted by Crippen LogP contribution is 2.63. The van der Waals surface area contributed by atoms with Gasteiger partial charge in [-0.2, -0.15) is 0 Å². The van der Waals surface area contributed by atoms with Crippen molar-refractivity contribution in [2.75, 3.05) is 13.7 Å². The molecule has 1 saturated heterocycles. The van der Waals surface area contributed by atoms with Crippen LogP contribution >= 0.6 is 0 Å². The number of piperidine rings is 1. The molecule has 4 aliphatic rings. The number of hydrogen-bond donors (Lipinski definition) is 0. The van der Waals surface area contributed by atoms with E-state index in [9.17, 15) is 9.59 Å². The zero-order valence-corrected chi connectivity index (χ0v) is 14.0. The van der Waals surface area contributed by atoms with Crippen molar-refractivity contribution in [2.24, 2.45) is 5.92 Å². The minimum Gasteiger partial charge on any atom is -0.493 e. The number of carbonyl (C=O) groups is 2. The Balaban J connectivity index is 1.77. The molecule has 2 bridgehead atoms. The van der Waals surface area contributed by atoms with Gasteiger partial charge in [-0.25, -0.2) is 0 Å². The molecule has 24 heavy (non-hydrogen) atoms. The maximum absolute atomic E-state index is 12.7. The minimum atomic E-state index is -0.404. The second kappa shape index (κ2) is 4.52. The van der Waals surface area contributed by atoms with Crippen LogP contribution in [-0.4, -0.2) is 42.4 Å². The number of rotatable bonds is 1. The first kappa shape index (κ1) is 14.3. The van der Waals surface area contributed by atoms with E-state index >= 15 is 0 Å². The van der Waals surface area contributed by atoms with Crippen molar-refractivity contribution in [2.45, 2.75) is 50.2 Å². The van der Waals surface area contributed by atoms with Crippen LogP contribution in [0.25, 0.3) is 0 Å². The Kier molecular flexibility index (Phi) is 2.70. The fourth-order valence-electron chi connectivity index (χ4n) is 5.87. The summed E-state index contributed by atoms with van der Waals surface area (Å²) in [6.45, 7) is 2.36. The fraction of sp³-hybridized carbons (Fsp3) is 0.579. The Morgan fingerprint density at radius 1 is 1.42 bits per heavy atom. The molecule has 5 nitrogen and oxygen atoms in total. The molecule has 0 radical (unpaired) electrons. The molecule has 0 N–H and O–H groups in total. The zero-order valence-electron chi connectivity index (χ0n) is 14.0. The number of Topliss-reactive ketones (excluding diaryl/α,β-unsaturated/α-hetero) is 1. The van der Waals surface area contributed by atoms with Crippen LogP contribution in [0.1, 0.15) is 37.3 Å². The molecule has 1 saturated carbocycles. The third kappa shape index (κ3) is 1.47. The molecule has 1 spiro atoms. The van der Waals surface area contributed by atoms with Crippen molar-refractivity contribution in [3.05, 3.63) is 23.3 Å². The number of benzene rings is 1. The maximum Gasteiger partial charge on any atom is 0.219 e. The van der Waals surface area contributed by atoms with Gasteiger partial charge >= 0.3 is 0 Å². The second-order valence-corrected chi connectivity index (χ2v) is 7.51. The van der Waals surface area contributed by atoms with Crippen molar-refractivity contribution < 1.29 is 19.1 Å². The Morgan fingerprint density at radius 3 is 3.00 bits per heavy atom. The normalized spacial score (nSPS) is 35.3. The smallest absolute Gasteiger partial charge is 0.219 e. The SMILES string of the molecule is COc1ccc2c3c1O[C@@H]1C(=O)CC[C@@H]4[C@H](C2)N(C(C)=O)CCC314. The highest BCUT2D eigenvalue weighted by Gasteiger charge is 2.66. The van der Waals surface area contributed by atoms with E-state index in [1.54, 1.807) is 14.0 Å². The van der Waals surface area contributed by atoms with Crippen molar-refractivity contribution in [1.82, 2.24) is 4.90 Å². The molecule has 1 aromatic rings. The van der Waals surface area contributed by atoms with Gasteiger partial charge in [-0.3, -0.25) is 9.59 Å². The Bertz CT molecular complexity index is 773. The van der Waals surface area contributed by atoms with Gasteiger partial charge in [0.1, 0.15) is 0 Å². The summed E-state index contributed by atoms with van der Waals surface area (Å²) in [7, 11) is 1.64. The van der Waals surface area contributed by atoms with Gasteiger partial charge in [-0.15, -0.1) is 0 Å². The predicted octanol–water partition coefficient (Wildman–Crippen LogP) is 1.85. The molecule has 5 heteroatoms. The number of ketones is 1. The zero-order chi connectivity index (χ0) is 16.6. The highest BCUT2D eigenvalue weighted by molar-refractivity contribution is 5.89. The summed E-state index contributed by atoms with van der Waals surface area (Å²) in [4.78, 5) is 26.9. The first-order valence-corrected chi connectivity index (χ1v) is 8.75. The van der Waals surface area contributed by atoms with Crippen LogP contribution in [0.3, 0.4) is 0 Å². The molecule has 5 rings (SSSR count). The molecule has 2 aliphatic heterocycles. The van der Waals surface area contributed by atoms with Crippen LogP contribution < -0.4 is 9.47 Å². The number of nitrogens with zero attached hydrogens (tertiary/aromatic N) is 1. The molecule has 1 aromatic carbocycles. The number of ether oxygens (including phenoxy) is 2. The molecular weight excluding hydrogens is 306 g/mol. The molecule has 1 unspecified atom stereocenters. The quantitative estimate of drug-likeness (QED) is 0.790. The van der Waals surface area contributed by atoms with Gasteiger partial charge in [-0.1, -0.05) is 6.07 Å². The number of methoxy groups -OCH3 is 1. The van der Waals surface area contributed by atoms with Gasteiger partial charge in [0, 0.05) is 31.5 Å². The summed E-state index contributed by atoms with van der Waals surface area (Å²) in [6.07, 6.45) is 2.65. The summed E-state index contributed by atoms with van der Waals surface area (Å²) in [6, 6.07) is 4.21. The molecular formula is C19H21NO4. The van der Waals surface area contributed by atoms with Crippen molar-refractivity contribution in [3.8, 4) is 11.5 Å². The van der Waals surface area contributed by atoms with Crippen LogP contribution in [0.2, 0.25) is 0 Å². The molecule has 2 aliphatic carbocycles. The molecule has 2 fully saturated rings. The number of hydrogen-bond acceptors (Lipinski definition) is 4. The molecule has 1 amide bonds. The number of carbonyl (C=O) groups excluding carboxylic acids is 2. The monoisotopic (exact) mass is 327 g/mol. The molecule has 126 valence electrons. The lowest BCUT2D eigenvalue weighted by molar-refractivity contribution is -0.146. The maximum atomic E-state index is 12.7. The molecule has 0 aromatic heterocycles. The van der Waals surface area contributed by atoms with E-state index in [0.29, 0.717) is 18.9 Å². The lowest BCUT2D eigenvalue weighted by Crippen LogP contribution is -2.66. The molecule has 2 heterocycles. The fourth-order valence-corrected chi connectivity index (χ4v) is 5.87. The van der Waals surface area contributed by atoms with E-state index in [1.807, 2.05) is 11.0 Å². The third-order valence-electron chi connectivity index (χ3n) is 6.72. The topological polar surface area (TPSA) is 55.8 Å². The lowest BCUT2D eigenvalue weighted by atomic mass is 9.51. The van der Waals surface area contributed by atoms with E-state index < -0.39 is 6.10 Å². The van der Waals surface area contributed by atoms with E-state index in [1.165, 1.54) is 11.1 Å². The number of amides is 1. The summed E-state index contributed by atoms with van der Waals surface area (Å²) < 4.78 is 11.7. The van der Waals surface area contributed by atoms with E-state index in [4.69, 9.17) is 9.47 Å². The van der Waals surface area contributed by atoms with E-state index in [2.05, 4.69) is 6.07 Å². The Hall–Kier alpha value is -2.04. The van der Waals surface area contributed by atoms with E-state index in [-0.39, 0.29) is 23.1 Å². The Morgan fingerprint density at radius 2 is 2.25 bits per heavy atom. The first-order chi connectivity index (χ1) is 11.6. The largest absolute Gasteiger partial charge is 0.493 e. The summed E-state index contributed by atoms with van der Waals surface area (Å²) in [5.41, 5.74) is 2.16. The summed E-state index contributed by atoms with van der Waals surface area (Å²) >= 11 is 0. The number of likely N-dealkylation sites (tertiary alicyclic amines) is 1. The van der Waals surface area contributed by atoms with Gasteiger partial charge in [0.05, 0.1) is 12.5 Å². The second-order valence-electron chi connectivity index (χ2n) is 7.51. The Labute approximate surface area is 140 Å². The van der Waals surface area contributed by atoms with Gasteiger partial charge in [0.15, 0.2) is 23.4 Å². The van der Waals surface area contributed by atoms with Gasteiger partial charge in [0.25, 0.3) is 0 Å². The van der Waals surface area contributed by atoms with Crippen LogP contribution in [0, 0.1) is 5.92 Å². The van der Waals surface area contributed by atoms with Crippen LogP contribution in [0.5, 0.6) is 11.5 Å². The van der Waals surface area contributed by atoms with Crippen molar-refractivity contribution >= 4 is 11.7 Å². The van der Waals surface area contributed by atoms with Gasteiger partial charge in [0.2, 0.25) is 5.91 Å². The standard InChI is InChI=1S/C19H21NO4/c1-10(21)20-8-7-19-12-4-5-14(22)18(19)24-17-15(23-2)6-3-11(16(17)19)9-13(12)20/h3,6,12-13,18H,4-5,7-9H2,1-2H3/t12-,13+,18-,19?/m1/s1. The third-order valence-corrected chi connectivity index (χ3v) is 6.72. The lowest BCUT2D eigenvalue weighted by Gasteiger charge is -2.57. The summed E-state index contributed by atoms with van der Waals surface area (Å²) in [5, 5.41) is 0. The van der Waals surface area contributed by atoms with E-state index in [0.717, 1.165) is 30.8 Å². The first-order valence-electron chi connectivity index (χ1n) is 8.75. The van der Waals surface area contributed by atoms with Crippen LogP contribution in [0.4, 0.5) is 0 Å².